The average Bonchev–Trinajstić information content (AvgIpc) is 2.38. The Hall–Kier alpha value is -0.830. The van der Waals surface area contributed by atoms with Crippen molar-refractivity contribution in [2.45, 2.75) is 18.9 Å². The molecule has 0 fully saturated rings. The maximum atomic E-state index is 8.60. The lowest BCUT2D eigenvalue weighted by Crippen LogP contribution is -2.29. The zero-order valence-electron chi connectivity index (χ0n) is 6.58. The summed E-state index contributed by atoms with van der Waals surface area (Å²) in [5, 5.41) is 11.8. The van der Waals surface area contributed by atoms with Crippen LogP contribution < -0.4 is 5.32 Å². The Morgan fingerprint density at radius 2 is 2.64 bits per heavy atom. The summed E-state index contributed by atoms with van der Waals surface area (Å²) in [7, 11) is 0. The second kappa shape index (κ2) is 4.13. The van der Waals surface area contributed by atoms with E-state index in [4.69, 9.17) is 5.11 Å². The standard InChI is InChI=1S/C8H14N2O/c1-2-3-7-6-9-8(10-7)4-5-11/h2,7,11H,1,3-6H2,(H,9,10). The van der Waals surface area contributed by atoms with Gasteiger partial charge in [0.25, 0.3) is 0 Å². The summed E-state index contributed by atoms with van der Waals surface area (Å²) in [6.45, 7) is 4.65. The molecule has 1 atom stereocenters. The lowest BCUT2D eigenvalue weighted by molar-refractivity contribution is 0.306. The van der Waals surface area contributed by atoms with Gasteiger partial charge < -0.3 is 10.4 Å². The normalized spacial score (nSPS) is 22.6. The third kappa shape index (κ3) is 2.35. The summed E-state index contributed by atoms with van der Waals surface area (Å²) in [4.78, 5) is 4.22. The van der Waals surface area contributed by atoms with Crippen LogP contribution in [0.4, 0.5) is 0 Å². The molecule has 0 amide bonds. The van der Waals surface area contributed by atoms with Crippen molar-refractivity contribution in [1.82, 2.24) is 5.32 Å². The van der Waals surface area contributed by atoms with Gasteiger partial charge in [-0.2, -0.15) is 0 Å². The molecule has 0 aromatic carbocycles. The van der Waals surface area contributed by atoms with Crippen molar-refractivity contribution in [2.24, 2.45) is 4.99 Å². The van der Waals surface area contributed by atoms with Crippen molar-refractivity contribution in [2.75, 3.05) is 13.2 Å². The molecular formula is C8H14N2O. The van der Waals surface area contributed by atoms with E-state index in [9.17, 15) is 0 Å². The fourth-order valence-corrected chi connectivity index (χ4v) is 1.14. The molecule has 0 saturated carbocycles. The molecule has 3 heteroatoms. The maximum Gasteiger partial charge on any atom is 0.0989 e. The number of aliphatic imine (C=N–C) groups is 1. The van der Waals surface area contributed by atoms with Crippen LogP contribution in [-0.2, 0) is 0 Å². The minimum absolute atomic E-state index is 0.173. The molecule has 0 spiro atoms. The van der Waals surface area contributed by atoms with Crippen LogP contribution in [0.15, 0.2) is 17.6 Å². The van der Waals surface area contributed by atoms with Gasteiger partial charge >= 0.3 is 0 Å². The molecular weight excluding hydrogens is 140 g/mol. The molecule has 0 saturated heterocycles. The summed E-state index contributed by atoms with van der Waals surface area (Å²) >= 11 is 0. The molecule has 0 bridgehead atoms. The molecule has 0 aromatic heterocycles. The molecule has 1 aliphatic heterocycles. The Bertz CT molecular complexity index is 165. The van der Waals surface area contributed by atoms with Gasteiger partial charge in [-0.3, -0.25) is 4.99 Å². The van der Waals surface area contributed by atoms with Gasteiger partial charge in [0, 0.05) is 6.42 Å². The summed E-state index contributed by atoms with van der Waals surface area (Å²) < 4.78 is 0. The first-order chi connectivity index (χ1) is 5.36. The predicted octanol–water partition coefficient (Wildman–Crippen LogP) is 0.315. The second-order valence-electron chi connectivity index (χ2n) is 2.63. The quantitative estimate of drug-likeness (QED) is 0.573. The van der Waals surface area contributed by atoms with Crippen LogP contribution in [0, 0.1) is 0 Å². The van der Waals surface area contributed by atoms with Crippen LogP contribution in [0.2, 0.25) is 0 Å². The van der Waals surface area contributed by atoms with Crippen LogP contribution in [0.3, 0.4) is 0 Å². The Morgan fingerprint density at radius 1 is 1.82 bits per heavy atom. The van der Waals surface area contributed by atoms with E-state index in [1.165, 1.54) is 0 Å². The van der Waals surface area contributed by atoms with Gasteiger partial charge in [0.2, 0.25) is 0 Å². The fraction of sp³-hybridized carbons (Fsp3) is 0.625. The van der Waals surface area contributed by atoms with Crippen molar-refractivity contribution in [3.05, 3.63) is 12.7 Å². The SMILES string of the molecule is C=CCC1CN=C(CCO)N1. The largest absolute Gasteiger partial charge is 0.396 e. The number of nitrogens with one attached hydrogen (secondary N) is 1. The number of aliphatic hydroxyl groups excluding tert-OH is 1. The predicted molar refractivity (Wildman–Crippen MR) is 45.7 cm³/mol. The molecule has 0 aromatic rings. The van der Waals surface area contributed by atoms with E-state index in [1.807, 2.05) is 6.08 Å². The number of hydrogen-bond acceptors (Lipinski definition) is 3. The zero-order chi connectivity index (χ0) is 8.10. The fourth-order valence-electron chi connectivity index (χ4n) is 1.14. The Labute approximate surface area is 66.8 Å². The molecule has 1 heterocycles. The third-order valence-corrected chi connectivity index (χ3v) is 1.67. The first-order valence-corrected chi connectivity index (χ1v) is 3.88. The van der Waals surface area contributed by atoms with E-state index in [2.05, 4.69) is 16.9 Å². The average molecular weight is 154 g/mol. The highest BCUT2D eigenvalue weighted by Crippen LogP contribution is 2.02. The van der Waals surface area contributed by atoms with E-state index in [-0.39, 0.29) is 6.61 Å². The van der Waals surface area contributed by atoms with Crippen LogP contribution in [0.5, 0.6) is 0 Å². The smallest absolute Gasteiger partial charge is 0.0989 e. The van der Waals surface area contributed by atoms with Gasteiger partial charge in [0.1, 0.15) is 0 Å². The first kappa shape index (κ1) is 8.27. The molecule has 11 heavy (non-hydrogen) atoms. The summed E-state index contributed by atoms with van der Waals surface area (Å²) in [6.07, 6.45) is 3.47. The van der Waals surface area contributed by atoms with E-state index in [1.54, 1.807) is 0 Å². The summed E-state index contributed by atoms with van der Waals surface area (Å²) in [6, 6.07) is 0.411. The van der Waals surface area contributed by atoms with E-state index in [0.717, 1.165) is 18.8 Å². The van der Waals surface area contributed by atoms with Crippen LogP contribution in [0.1, 0.15) is 12.8 Å². The van der Waals surface area contributed by atoms with Gasteiger partial charge in [0.15, 0.2) is 0 Å². The molecule has 1 rings (SSSR count). The number of amidine groups is 1. The van der Waals surface area contributed by atoms with Gasteiger partial charge in [-0.1, -0.05) is 6.08 Å². The van der Waals surface area contributed by atoms with Crippen molar-refractivity contribution < 1.29 is 5.11 Å². The van der Waals surface area contributed by atoms with Crippen LogP contribution >= 0.6 is 0 Å². The van der Waals surface area contributed by atoms with Gasteiger partial charge in [-0.15, -0.1) is 6.58 Å². The highest BCUT2D eigenvalue weighted by Gasteiger charge is 2.14. The Kier molecular flexibility index (Phi) is 3.11. The zero-order valence-corrected chi connectivity index (χ0v) is 6.58. The Morgan fingerprint density at radius 3 is 3.27 bits per heavy atom. The van der Waals surface area contributed by atoms with Crippen molar-refractivity contribution >= 4 is 5.84 Å². The number of rotatable bonds is 4. The summed E-state index contributed by atoms with van der Waals surface area (Å²) in [5.74, 6) is 0.930. The van der Waals surface area contributed by atoms with E-state index in [0.29, 0.717) is 12.5 Å². The second-order valence-corrected chi connectivity index (χ2v) is 2.63. The Balaban J connectivity index is 2.24. The lowest BCUT2D eigenvalue weighted by Gasteiger charge is -2.07. The van der Waals surface area contributed by atoms with Crippen molar-refractivity contribution in [1.29, 1.82) is 0 Å². The minimum Gasteiger partial charge on any atom is -0.396 e. The molecule has 3 nitrogen and oxygen atoms in total. The first-order valence-electron chi connectivity index (χ1n) is 3.88. The highest BCUT2D eigenvalue weighted by atomic mass is 16.3. The van der Waals surface area contributed by atoms with E-state index >= 15 is 0 Å². The number of hydrogen-bond donors (Lipinski definition) is 2. The van der Waals surface area contributed by atoms with Gasteiger partial charge in [-0.05, 0) is 6.42 Å². The molecule has 0 aliphatic carbocycles. The van der Waals surface area contributed by atoms with Gasteiger partial charge in [-0.25, -0.2) is 0 Å². The van der Waals surface area contributed by atoms with Gasteiger partial charge in [0.05, 0.1) is 25.0 Å². The highest BCUT2D eigenvalue weighted by molar-refractivity contribution is 5.84. The molecule has 0 radical (unpaired) electrons. The van der Waals surface area contributed by atoms with E-state index < -0.39 is 0 Å². The van der Waals surface area contributed by atoms with Crippen molar-refractivity contribution in [3.63, 3.8) is 0 Å². The monoisotopic (exact) mass is 154 g/mol. The topological polar surface area (TPSA) is 44.6 Å². The van der Waals surface area contributed by atoms with Crippen molar-refractivity contribution in [3.8, 4) is 0 Å². The van der Waals surface area contributed by atoms with Crippen LogP contribution in [0.25, 0.3) is 0 Å². The number of nitrogens with zero attached hydrogens (tertiary/aromatic N) is 1. The lowest BCUT2D eigenvalue weighted by atomic mass is 10.2. The maximum absolute atomic E-state index is 8.60. The minimum atomic E-state index is 0.173. The molecule has 62 valence electrons. The molecule has 1 unspecified atom stereocenters. The molecule has 1 aliphatic rings. The van der Waals surface area contributed by atoms with Crippen LogP contribution in [-0.4, -0.2) is 30.1 Å². The molecule has 2 N–H and O–H groups in total. The number of aliphatic hydroxyl groups is 1. The summed E-state index contributed by atoms with van der Waals surface area (Å²) in [5.41, 5.74) is 0. The third-order valence-electron chi connectivity index (χ3n) is 1.67.